The summed E-state index contributed by atoms with van der Waals surface area (Å²) in [5.74, 6) is -0.405. The van der Waals surface area contributed by atoms with Crippen LogP contribution in [0.5, 0.6) is 0 Å². The van der Waals surface area contributed by atoms with Gasteiger partial charge in [-0.3, -0.25) is 14.2 Å². The first-order valence-electron chi connectivity index (χ1n) is 9.59. The van der Waals surface area contributed by atoms with E-state index < -0.39 is 17.2 Å². The zero-order chi connectivity index (χ0) is 22.3. The number of carbonyl (C=O) groups excluding carboxylic acids is 1. The van der Waals surface area contributed by atoms with E-state index in [1.54, 1.807) is 12.1 Å². The Labute approximate surface area is 185 Å². The maximum absolute atomic E-state index is 13.0. The summed E-state index contributed by atoms with van der Waals surface area (Å²) in [5, 5.41) is 6.87. The standard InChI is InChI=1S/C22H20BrN5O3/c1-13-4-5-16(10-14(13)2)24-19(29)12-28-22(31)27-9-8-26(21(30)20(27)25-28)17-6-7-18(23)15(3)11-17/h4-11H,12H2,1-3H3,(H,24,29). The Hall–Kier alpha value is -3.46. The highest BCUT2D eigenvalue weighted by Gasteiger charge is 2.15. The number of benzene rings is 2. The molecule has 4 rings (SSSR count). The molecule has 2 heterocycles. The zero-order valence-corrected chi connectivity index (χ0v) is 18.8. The van der Waals surface area contributed by atoms with Crippen LogP contribution in [0, 0.1) is 20.8 Å². The van der Waals surface area contributed by atoms with Crippen molar-refractivity contribution in [2.24, 2.45) is 0 Å². The van der Waals surface area contributed by atoms with Gasteiger partial charge in [-0.15, -0.1) is 5.10 Å². The van der Waals surface area contributed by atoms with Crippen LogP contribution in [0.2, 0.25) is 0 Å². The number of nitrogens with one attached hydrogen (secondary N) is 1. The number of rotatable bonds is 4. The highest BCUT2D eigenvalue weighted by atomic mass is 79.9. The summed E-state index contributed by atoms with van der Waals surface area (Å²) in [5.41, 5.74) is 3.37. The topological polar surface area (TPSA) is 90.4 Å². The molecule has 2 aromatic heterocycles. The van der Waals surface area contributed by atoms with Crippen LogP contribution in [0.1, 0.15) is 16.7 Å². The maximum atomic E-state index is 13.0. The molecular formula is C22H20BrN5O3. The molecule has 0 aliphatic carbocycles. The van der Waals surface area contributed by atoms with E-state index in [-0.39, 0.29) is 12.2 Å². The normalized spacial score (nSPS) is 11.1. The van der Waals surface area contributed by atoms with Crippen LogP contribution >= 0.6 is 15.9 Å². The van der Waals surface area contributed by atoms with Crippen molar-refractivity contribution in [1.29, 1.82) is 0 Å². The van der Waals surface area contributed by atoms with E-state index in [1.165, 1.54) is 17.0 Å². The number of anilines is 1. The van der Waals surface area contributed by atoms with Gasteiger partial charge >= 0.3 is 11.2 Å². The Bertz CT molecular complexity index is 1450. The molecule has 158 valence electrons. The average Bonchev–Trinajstić information content (AvgIpc) is 3.04. The maximum Gasteiger partial charge on any atom is 0.351 e. The third-order valence-corrected chi connectivity index (χ3v) is 6.04. The molecular weight excluding hydrogens is 462 g/mol. The molecule has 0 fully saturated rings. The van der Waals surface area contributed by atoms with Gasteiger partial charge in [-0.05, 0) is 67.8 Å². The number of nitrogens with zero attached hydrogens (tertiary/aromatic N) is 4. The Kier molecular flexibility index (Phi) is 5.36. The lowest BCUT2D eigenvalue weighted by atomic mass is 10.1. The molecule has 0 saturated heterocycles. The van der Waals surface area contributed by atoms with Gasteiger partial charge in [0.05, 0.1) is 0 Å². The Balaban J connectivity index is 1.65. The molecule has 0 spiro atoms. The summed E-state index contributed by atoms with van der Waals surface area (Å²) in [6.07, 6.45) is 2.99. The van der Waals surface area contributed by atoms with E-state index in [0.29, 0.717) is 11.4 Å². The van der Waals surface area contributed by atoms with E-state index in [0.717, 1.165) is 30.2 Å². The highest BCUT2D eigenvalue weighted by Crippen LogP contribution is 2.18. The first kappa shape index (κ1) is 20.8. The molecule has 0 saturated carbocycles. The number of amides is 1. The smallest absolute Gasteiger partial charge is 0.324 e. The van der Waals surface area contributed by atoms with Crippen molar-refractivity contribution in [1.82, 2.24) is 18.7 Å². The van der Waals surface area contributed by atoms with Gasteiger partial charge in [-0.25, -0.2) is 13.9 Å². The number of hydrogen-bond acceptors (Lipinski definition) is 4. The van der Waals surface area contributed by atoms with E-state index >= 15 is 0 Å². The molecule has 2 aromatic carbocycles. The van der Waals surface area contributed by atoms with Crippen molar-refractivity contribution in [3.63, 3.8) is 0 Å². The van der Waals surface area contributed by atoms with Crippen LogP contribution in [-0.2, 0) is 11.3 Å². The van der Waals surface area contributed by atoms with Crippen molar-refractivity contribution in [2.45, 2.75) is 27.3 Å². The van der Waals surface area contributed by atoms with Crippen LogP contribution < -0.4 is 16.6 Å². The first-order chi connectivity index (χ1) is 14.7. The van der Waals surface area contributed by atoms with Gasteiger partial charge in [0.1, 0.15) is 6.54 Å². The molecule has 1 N–H and O–H groups in total. The van der Waals surface area contributed by atoms with Crippen LogP contribution in [0.4, 0.5) is 5.69 Å². The van der Waals surface area contributed by atoms with Crippen LogP contribution in [0.3, 0.4) is 0 Å². The molecule has 31 heavy (non-hydrogen) atoms. The Morgan fingerprint density at radius 1 is 1.00 bits per heavy atom. The predicted octanol–water partition coefficient (Wildman–Crippen LogP) is 2.97. The van der Waals surface area contributed by atoms with Crippen molar-refractivity contribution in [2.75, 3.05) is 5.32 Å². The molecule has 0 atom stereocenters. The summed E-state index contributed by atoms with van der Waals surface area (Å²) >= 11 is 3.44. The zero-order valence-electron chi connectivity index (χ0n) is 17.2. The lowest BCUT2D eigenvalue weighted by Crippen LogP contribution is -2.28. The molecule has 0 radical (unpaired) electrons. The van der Waals surface area contributed by atoms with Crippen LogP contribution in [-0.4, -0.2) is 24.7 Å². The summed E-state index contributed by atoms with van der Waals surface area (Å²) in [6, 6.07) is 11.1. The van der Waals surface area contributed by atoms with E-state index in [9.17, 15) is 14.4 Å². The summed E-state index contributed by atoms with van der Waals surface area (Å²) in [7, 11) is 0. The second-order valence-corrected chi connectivity index (χ2v) is 8.24. The summed E-state index contributed by atoms with van der Waals surface area (Å²) in [6.45, 7) is 5.56. The lowest BCUT2D eigenvalue weighted by Gasteiger charge is -2.07. The minimum atomic E-state index is -0.554. The van der Waals surface area contributed by atoms with Gasteiger partial charge in [0.15, 0.2) is 0 Å². The predicted molar refractivity (Wildman–Crippen MR) is 122 cm³/mol. The largest absolute Gasteiger partial charge is 0.351 e. The number of hydrogen-bond donors (Lipinski definition) is 1. The molecule has 1 amide bonds. The van der Waals surface area contributed by atoms with Crippen LogP contribution in [0.15, 0.2) is 62.9 Å². The molecule has 0 bridgehead atoms. The fourth-order valence-corrected chi connectivity index (χ4v) is 3.50. The first-order valence-corrected chi connectivity index (χ1v) is 10.4. The van der Waals surface area contributed by atoms with Gasteiger partial charge in [0.25, 0.3) is 0 Å². The van der Waals surface area contributed by atoms with E-state index in [1.807, 2.05) is 45.0 Å². The van der Waals surface area contributed by atoms with Gasteiger partial charge in [-0.1, -0.05) is 22.0 Å². The monoisotopic (exact) mass is 481 g/mol. The van der Waals surface area contributed by atoms with Crippen molar-refractivity contribution in [3.05, 3.63) is 90.8 Å². The lowest BCUT2D eigenvalue weighted by molar-refractivity contribution is -0.117. The molecule has 4 aromatic rings. The fraction of sp³-hybridized carbons (Fsp3) is 0.182. The number of aromatic nitrogens is 4. The molecule has 0 unspecified atom stereocenters. The van der Waals surface area contributed by atoms with Crippen molar-refractivity contribution in [3.8, 4) is 5.69 Å². The number of aryl methyl sites for hydroxylation is 3. The second kappa shape index (κ2) is 7.99. The van der Waals surface area contributed by atoms with Crippen molar-refractivity contribution < 1.29 is 4.79 Å². The number of carbonyl (C=O) groups is 1. The van der Waals surface area contributed by atoms with Gasteiger partial charge in [0.2, 0.25) is 11.6 Å². The molecule has 9 heteroatoms. The minimum absolute atomic E-state index is 0.0490. The average molecular weight is 482 g/mol. The Morgan fingerprint density at radius 2 is 1.77 bits per heavy atom. The highest BCUT2D eigenvalue weighted by molar-refractivity contribution is 9.10. The fourth-order valence-electron chi connectivity index (χ4n) is 3.25. The third kappa shape index (κ3) is 3.96. The number of halogens is 1. The summed E-state index contributed by atoms with van der Waals surface area (Å²) in [4.78, 5) is 38.0. The Morgan fingerprint density at radius 3 is 2.48 bits per heavy atom. The number of fused-ring (bicyclic) bond motifs is 1. The van der Waals surface area contributed by atoms with E-state index in [4.69, 9.17) is 0 Å². The van der Waals surface area contributed by atoms with Gasteiger partial charge in [0, 0.05) is 28.2 Å². The minimum Gasteiger partial charge on any atom is -0.324 e. The molecule has 0 aliphatic heterocycles. The summed E-state index contributed by atoms with van der Waals surface area (Å²) < 4.78 is 4.49. The van der Waals surface area contributed by atoms with Crippen LogP contribution in [0.25, 0.3) is 11.3 Å². The quantitative estimate of drug-likeness (QED) is 0.485. The van der Waals surface area contributed by atoms with Gasteiger partial charge < -0.3 is 5.32 Å². The third-order valence-electron chi connectivity index (χ3n) is 5.15. The van der Waals surface area contributed by atoms with Crippen molar-refractivity contribution >= 4 is 33.2 Å². The molecule has 8 nitrogen and oxygen atoms in total. The van der Waals surface area contributed by atoms with E-state index in [2.05, 4.69) is 26.3 Å². The molecule has 0 aliphatic rings. The second-order valence-electron chi connectivity index (χ2n) is 7.39. The van der Waals surface area contributed by atoms with Gasteiger partial charge in [-0.2, -0.15) is 0 Å². The SMILES string of the molecule is Cc1ccc(NC(=O)Cn2nc3c(=O)n(-c4ccc(Br)c(C)c4)ccn3c2=O)cc1C.